The van der Waals surface area contributed by atoms with Crippen LogP contribution in [0.3, 0.4) is 0 Å². The normalized spacial score (nSPS) is 24.0. The average Bonchev–Trinajstić information content (AvgIpc) is 3.20. The van der Waals surface area contributed by atoms with Crippen molar-refractivity contribution in [3.05, 3.63) is 24.2 Å². The van der Waals surface area contributed by atoms with Crippen LogP contribution in [-0.2, 0) is 0 Å². The Labute approximate surface area is 138 Å². The van der Waals surface area contributed by atoms with E-state index in [1.807, 2.05) is 12.3 Å². The molecule has 0 amide bonds. The summed E-state index contributed by atoms with van der Waals surface area (Å²) in [5.74, 6) is 1.27. The summed E-state index contributed by atoms with van der Waals surface area (Å²) >= 11 is 0. The van der Waals surface area contributed by atoms with Gasteiger partial charge in [-0.2, -0.15) is 0 Å². The molecule has 4 rings (SSSR count). The van der Waals surface area contributed by atoms with E-state index < -0.39 is 0 Å². The van der Waals surface area contributed by atoms with Crippen molar-refractivity contribution in [1.82, 2.24) is 19.4 Å². The van der Waals surface area contributed by atoms with E-state index >= 15 is 0 Å². The standard InChI is InChI=1S/C19H28N4/c1-14(2)22-13-7-11-17(22)19-21-16-10-6-12-20-18(16)23(19)15-8-4-3-5-9-15/h6,10,12,14-15,17H,3-5,7-9,11,13H2,1-2H3. The lowest BCUT2D eigenvalue weighted by Gasteiger charge is -2.31. The summed E-state index contributed by atoms with van der Waals surface area (Å²) in [7, 11) is 0. The van der Waals surface area contributed by atoms with E-state index in [2.05, 4.69) is 29.4 Å². The van der Waals surface area contributed by atoms with E-state index in [1.54, 1.807) is 0 Å². The molecule has 4 nitrogen and oxygen atoms in total. The SMILES string of the molecule is CC(C)N1CCCC1c1nc2cccnc2n1C1CCCCC1. The third-order valence-corrected chi connectivity index (χ3v) is 5.67. The second-order valence-electron chi connectivity index (χ2n) is 7.47. The number of rotatable bonds is 3. The van der Waals surface area contributed by atoms with Crippen LogP contribution >= 0.6 is 0 Å². The smallest absolute Gasteiger partial charge is 0.160 e. The first-order valence-corrected chi connectivity index (χ1v) is 9.34. The number of hydrogen-bond acceptors (Lipinski definition) is 3. The number of aromatic nitrogens is 3. The van der Waals surface area contributed by atoms with Crippen molar-refractivity contribution < 1.29 is 0 Å². The molecule has 1 saturated carbocycles. The molecule has 3 heterocycles. The van der Waals surface area contributed by atoms with Crippen molar-refractivity contribution in [3.8, 4) is 0 Å². The van der Waals surface area contributed by atoms with Gasteiger partial charge in [0.2, 0.25) is 0 Å². The van der Waals surface area contributed by atoms with Gasteiger partial charge in [-0.05, 0) is 58.2 Å². The molecule has 23 heavy (non-hydrogen) atoms. The Hall–Kier alpha value is -1.42. The van der Waals surface area contributed by atoms with Gasteiger partial charge in [-0.3, -0.25) is 4.90 Å². The number of pyridine rings is 1. The summed E-state index contributed by atoms with van der Waals surface area (Å²) in [4.78, 5) is 12.4. The fourth-order valence-corrected chi connectivity index (χ4v) is 4.57. The van der Waals surface area contributed by atoms with E-state index in [1.165, 1.54) is 57.3 Å². The van der Waals surface area contributed by atoms with Crippen molar-refractivity contribution in [1.29, 1.82) is 0 Å². The molecule has 0 N–H and O–H groups in total. The van der Waals surface area contributed by atoms with E-state index in [9.17, 15) is 0 Å². The van der Waals surface area contributed by atoms with Crippen LogP contribution in [0, 0.1) is 0 Å². The van der Waals surface area contributed by atoms with E-state index in [0.29, 0.717) is 18.1 Å². The summed E-state index contributed by atoms with van der Waals surface area (Å²) in [6.45, 7) is 5.82. The highest BCUT2D eigenvalue weighted by molar-refractivity contribution is 5.71. The summed E-state index contributed by atoms with van der Waals surface area (Å²) in [5.41, 5.74) is 2.17. The van der Waals surface area contributed by atoms with Gasteiger partial charge in [-0.25, -0.2) is 9.97 Å². The van der Waals surface area contributed by atoms with Crippen LogP contribution < -0.4 is 0 Å². The minimum atomic E-state index is 0.464. The Morgan fingerprint density at radius 2 is 1.91 bits per heavy atom. The second-order valence-corrected chi connectivity index (χ2v) is 7.47. The van der Waals surface area contributed by atoms with Gasteiger partial charge < -0.3 is 4.57 Å². The Kier molecular flexibility index (Phi) is 4.10. The third kappa shape index (κ3) is 2.67. The quantitative estimate of drug-likeness (QED) is 0.838. The monoisotopic (exact) mass is 312 g/mol. The highest BCUT2D eigenvalue weighted by Gasteiger charge is 2.34. The molecule has 0 aromatic carbocycles. The fraction of sp³-hybridized carbons (Fsp3) is 0.684. The highest BCUT2D eigenvalue weighted by atomic mass is 15.3. The molecule has 0 bridgehead atoms. The molecule has 2 aromatic heterocycles. The van der Waals surface area contributed by atoms with Gasteiger partial charge in [-0.1, -0.05) is 19.3 Å². The predicted molar refractivity (Wildman–Crippen MR) is 93.5 cm³/mol. The number of likely N-dealkylation sites (tertiary alicyclic amines) is 1. The number of nitrogens with zero attached hydrogens (tertiary/aromatic N) is 4. The molecular formula is C19H28N4. The maximum atomic E-state index is 5.06. The van der Waals surface area contributed by atoms with Crippen LogP contribution in [0.4, 0.5) is 0 Å². The van der Waals surface area contributed by atoms with Gasteiger partial charge in [0.1, 0.15) is 11.3 Å². The summed E-state index contributed by atoms with van der Waals surface area (Å²) < 4.78 is 2.51. The summed E-state index contributed by atoms with van der Waals surface area (Å²) in [6, 6.07) is 5.77. The van der Waals surface area contributed by atoms with Crippen LogP contribution in [0.1, 0.15) is 76.7 Å². The second kappa shape index (κ2) is 6.23. The summed E-state index contributed by atoms with van der Waals surface area (Å²) in [5, 5.41) is 0. The van der Waals surface area contributed by atoms with Crippen LogP contribution in [0.15, 0.2) is 18.3 Å². The van der Waals surface area contributed by atoms with Gasteiger partial charge in [0, 0.05) is 18.3 Å². The molecule has 1 atom stereocenters. The van der Waals surface area contributed by atoms with E-state index in [0.717, 1.165) is 11.2 Å². The van der Waals surface area contributed by atoms with E-state index in [-0.39, 0.29) is 0 Å². The Balaban J connectivity index is 1.81. The van der Waals surface area contributed by atoms with Crippen LogP contribution in [0.2, 0.25) is 0 Å². The fourth-order valence-electron chi connectivity index (χ4n) is 4.57. The minimum absolute atomic E-state index is 0.464. The molecule has 2 aromatic rings. The van der Waals surface area contributed by atoms with Gasteiger partial charge >= 0.3 is 0 Å². The third-order valence-electron chi connectivity index (χ3n) is 5.67. The molecule has 1 aliphatic carbocycles. The van der Waals surface area contributed by atoms with Crippen molar-refractivity contribution >= 4 is 11.2 Å². The Morgan fingerprint density at radius 3 is 2.70 bits per heavy atom. The maximum absolute atomic E-state index is 5.06. The van der Waals surface area contributed by atoms with E-state index in [4.69, 9.17) is 9.97 Å². The first kappa shape index (κ1) is 15.1. The maximum Gasteiger partial charge on any atom is 0.160 e. The number of hydrogen-bond donors (Lipinski definition) is 0. The van der Waals surface area contributed by atoms with Gasteiger partial charge in [0.25, 0.3) is 0 Å². The van der Waals surface area contributed by atoms with Crippen LogP contribution in [-0.4, -0.2) is 32.0 Å². The lowest BCUT2D eigenvalue weighted by Crippen LogP contribution is -2.32. The molecule has 1 aliphatic heterocycles. The van der Waals surface area contributed by atoms with Crippen molar-refractivity contribution in [2.75, 3.05) is 6.54 Å². The molecule has 4 heteroatoms. The van der Waals surface area contributed by atoms with Crippen molar-refractivity contribution in [3.63, 3.8) is 0 Å². The topological polar surface area (TPSA) is 34.0 Å². The van der Waals surface area contributed by atoms with Crippen molar-refractivity contribution in [2.45, 2.75) is 76.9 Å². The van der Waals surface area contributed by atoms with Crippen molar-refractivity contribution in [2.24, 2.45) is 0 Å². The van der Waals surface area contributed by atoms with Crippen LogP contribution in [0.25, 0.3) is 11.2 Å². The Morgan fingerprint density at radius 1 is 1.09 bits per heavy atom. The summed E-state index contributed by atoms with van der Waals surface area (Å²) in [6.07, 6.45) is 11.1. The van der Waals surface area contributed by atoms with Gasteiger partial charge in [0.05, 0.1) is 6.04 Å². The molecule has 1 saturated heterocycles. The minimum Gasteiger partial charge on any atom is -0.308 e. The molecule has 2 fully saturated rings. The molecule has 124 valence electrons. The van der Waals surface area contributed by atoms with Crippen LogP contribution in [0.5, 0.6) is 0 Å². The Bertz CT molecular complexity index is 669. The zero-order chi connectivity index (χ0) is 15.8. The first-order chi connectivity index (χ1) is 11.3. The molecule has 2 aliphatic rings. The predicted octanol–water partition coefficient (Wildman–Crippen LogP) is 4.48. The lowest BCUT2D eigenvalue weighted by atomic mass is 9.95. The molecule has 0 radical (unpaired) electrons. The molecular weight excluding hydrogens is 284 g/mol. The number of imidazole rings is 1. The molecule has 0 spiro atoms. The molecule has 1 unspecified atom stereocenters. The largest absolute Gasteiger partial charge is 0.308 e. The van der Waals surface area contributed by atoms with Gasteiger partial charge in [0.15, 0.2) is 5.65 Å². The average molecular weight is 312 g/mol. The number of fused-ring (bicyclic) bond motifs is 1. The first-order valence-electron chi connectivity index (χ1n) is 9.34. The van der Waals surface area contributed by atoms with Gasteiger partial charge in [-0.15, -0.1) is 0 Å². The zero-order valence-electron chi connectivity index (χ0n) is 14.4. The highest BCUT2D eigenvalue weighted by Crippen LogP contribution is 2.38. The lowest BCUT2D eigenvalue weighted by molar-refractivity contribution is 0.190. The zero-order valence-corrected chi connectivity index (χ0v) is 14.4.